The number of allylic oxidation sites excluding steroid dienone is 4. The van der Waals surface area contributed by atoms with Crippen LogP contribution in [0.15, 0.2) is 24.3 Å². The molecule has 1 amide bonds. The molecule has 0 aromatic carbocycles. The van der Waals surface area contributed by atoms with Gasteiger partial charge in [-0.2, -0.15) is 0 Å². The first-order chi connectivity index (χ1) is 39.0. The third-order valence-corrected chi connectivity index (χ3v) is 17.0. The van der Waals surface area contributed by atoms with Crippen molar-refractivity contribution in [3.05, 3.63) is 24.3 Å². The highest BCUT2D eigenvalue weighted by Crippen LogP contribution is 2.19. The van der Waals surface area contributed by atoms with Crippen molar-refractivity contribution < 1.29 is 24.5 Å². The molecular weight excluding hydrogens is 971 g/mol. The maximum absolute atomic E-state index is 12.5. The van der Waals surface area contributed by atoms with Crippen LogP contribution in [-0.4, -0.2) is 47.4 Å². The first-order valence-electron chi connectivity index (χ1n) is 36.1. The van der Waals surface area contributed by atoms with Crippen molar-refractivity contribution in [1.29, 1.82) is 0 Å². The lowest BCUT2D eigenvalue weighted by Crippen LogP contribution is -2.45. The number of rotatable bonds is 68. The summed E-state index contributed by atoms with van der Waals surface area (Å²) in [5.74, 6) is -0.0294. The fourth-order valence-electron chi connectivity index (χ4n) is 11.5. The number of nitrogens with one attached hydrogen (secondary N) is 1. The van der Waals surface area contributed by atoms with E-state index in [2.05, 4.69) is 43.5 Å². The Bertz CT molecular complexity index is 1230. The number of aliphatic hydroxyl groups excluding tert-OH is 2. The molecule has 0 aromatic heterocycles. The molecule has 2 unspecified atom stereocenters. The number of ether oxygens (including phenoxy) is 1. The van der Waals surface area contributed by atoms with Gasteiger partial charge < -0.3 is 20.3 Å². The highest BCUT2D eigenvalue weighted by atomic mass is 16.5. The summed E-state index contributed by atoms with van der Waals surface area (Å²) in [6.45, 7) is 4.98. The molecule has 0 aromatic rings. The number of aliphatic hydroxyl groups is 2. The lowest BCUT2D eigenvalue weighted by Gasteiger charge is -2.22. The van der Waals surface area contributed by atoms with Crippen LogP contribution in [0.4, 0.5) is 0 Å². The summed E-state index contributed by atoms with van der Waals surface area (Å²) in [6, 6.07) is -0.548. The Kier molecular flexibility index (Phi) is 67.4. The molecule has 79 heavy (non-hydrogen) atoms. The van der Waals surface area contributed by atoms with E-state index >= 15 is 0 Å². The molecule has 0 saturated carbocycles. The summed E-state index contributed by atoms with van der Waals surface area (Å²) in [4.78, 5) is 24.7. The Labute approximate surface area is 494 Å². The second kappa shape index (κ2) is 68.8. The molecule has 468 valence electrons. The fraction of sp³-hybridized carbons (Fsp3) is 0.918. The number of unbranched alkanes of at least 4 members (excludes halogenated alkanes) is 53. The second-order valence-electron chi connectivity index (χ2n) is 24.9. The van der Waals surface area contributed by atoms with Crippen LogP contribution in [0.25, 0.3) is 0 Å². The van der Waals surface area contributed by atoms with Gasteiger partial charge in [-0.05, 0) is 77.0 Å². The zero-order valence-electron chi connectivity index (χ0n) is 53.6. The van der Waals surface area contributed by atoms with Crippen molar-refractivity contribution in [3.8, 4) is 0 Å². The molecule has 0 saturated heterocycles. The van der Waals surface area contributed by atoms with Crippen LogP contribution in [-0.2, 0) is 14.3 Å². The fourth-order valence-corrected chi connectivity index (χ4v) is 11.5. The van der Waals surface area contributed by atoms with Crippen LogP contribution in [0.3, 0.4) is 0 Å². The average molecular weight is 1110 g/mol. The summed E-state index contributed by atoms with van der Waals surface area (Å²) >= 11 is 0. The van der Waals surface area contributed by atoms with Crippen LogP contribution in [0.2, 0.25) is 0 Å². The van der Waals surface area contributed by atoms with Crippen molar-refractivity contribution in [1.82, 2.24) is 5.32 Å². The van der Waals surface area contributed by atoms with E-state index in [1.165, 1.54) is 327 Å². The third kappa shape index (κ3) is 65.4. The minimum absolute atomic E-state index is 0.00815. The molecule has 0 aliphatic rings. The zero-order chi connectivity index (χ0) is 57.1. The number of carbonyl (C=O) groups excluding carboxylic acids is 2. The van der Waals surface area contributed by atoms with E-state index in [1.54, 1.807) is 0 Å². The van der Waals surface area contributed by atoms with Gasteiger partial charge in [-0.3, -0.25) is 9.59 Å². The van der Waals surface area contributed by atoms with Crippen LogP contribution in [0.5, 0.6) is 0 Å². The van der Waals surface area contributed by atoms with Gasteiger partial charge in [-0.15, -0.1) is 0 Å². The SMILES string of the molecule is CCCCCCCCC/C=C\CCCCCCCCCC(=O)OCCCCCCCCCCCCC/C=C\CCCCCCCCCC(=O)NC(CO)C(O)CCCCCCCCCCCCCCCCCCCCCCCC. The van der Waals surface area contributed by atoms with E-state index in [0.29, 0.717) is 25.9 Å². The molecule has 0 spiro atoms. The molecule has 0 radical (unpaired) electrons. The van der Waals surface area contributed by atoms with Gasteiger partial charge in [-0.25, -0.2) is 0 Å². The highest BCUT2D eigenvalue weighted by Gasteiger charge is 2.20. The molecule has 0 aliphatic carbocycles. The third-order valence-electron chi connectivity index (χ3n) is 17.0. The van der Waals surface area contributed by atoms with Crippen molar-refractivity contribution in [3.63, 3.8) is 0 Å². The molecular formula is C73H141NO5. The summed E-state index contributed by atoms with van der Waals surface area (Å²) < 4.78 is 5.50. The highest BCUT2D eigenvalue weighted by molar-refractivity contribution is 5.76. The lowest BCUT2D eigenvalue weighted by molar-refractivity contribution is -0.143. The number of hydrogen-bond acceptors (Lipinski definition) is 5. The maximum atomic E-state index is 12.5. The Morgan fingerprint density at radius 3 is 0.899 bits per heavy atom. The largest absolute Gasteiger partial charge is 0.466 e. The Hall–Kier alpha value is -1.66. The number of amides is 1. The average Bonchev–Trinajstić information content (AvgIpc) is 3.45. The van der Waals surface area contributed by atoms with E-state index in [4.69, 9.17) is 4.74 Å². The van der Waals surface area contributed by atoms with Gasteiger partial charge in [-0.1, -0.05) is 340 Å². The van der Waals surface area contributed by atoms with Crippen molar-refractivity contribution in [2.75, 3.05) is 13.2 Å². The molecule has 0 aliphatic heterocycles. The minimum atomic E-state index is -0.670. The van der Waals surface area contributed by atoms with Crippen molar-refractivity contribution >= 4 is 11.9 Å². The van der Waals surface area contributed by atoms with Crippen LogP contribution >= 0.6 is 0 Å². The molecule has 0 heterocycles. The zero-order valence-corrected chi connectivity index (χ0v) is 53.6. The van der Waals surface area contributed by atoms with Gasteiger partial charge in [0.15, 0.2) is 0 Å². The van der Waals surface area contributed by atoms with E-state index < -0.39 is 12.1 Å². The first-order valence-corrected chi connectivity index (χ1v) is 36.1. The molecule has 0 bridgehead atoms. The second-order valence-corrected chi connectivity index (χ2v) is 24.9. The maximum Gasteiger partial charge on any atom is 0.305 e. The van der Waals surface area contributed by atoms with Gasteiger partial charge in [0.05, 0.1) is 25.4 Å². The topological polar surface area (TPSA) is 95.9 Å². The molecule has 0 rings (SSSR count). The van der Waals surface area contributed by atoms with E-state index in [9.17, 15) is 19.8 Å². The summed E-state index contributed by atoms with van der Waals surface area (Å²) in [5, 5.41) is 23.4. The van der Waals surface area contributed by atoms with Crippen LogP contribution in [0.1, 0.15) is 406 Å². The number of carbonyl (C=O) groups is 2. The molecule has 3 N–H and O–H groups in total. The Balaban J connectivity index is 3.40. The van der Waals surface area contributed by atoms with Gasteiger partial charge in [0.25, 0.3) is 0 Å². The summed E-state index contributed by atoms with van der Waals surface area (Å²) in [7, 11) is 0. The summed E-state index contributed by atoms with van der Waals surface area (Å²) in [5.41, 5.74) is 0. The van der Waals surface area contributed by atoms with Crippen LogP contribution in [0, 0.1) is 0 Å². The monoisotopic (exact) mass is 1110 g/mol. The lowest BCUT2D eigenvalue weighted by atomic mass is 10.0. The predicted octanol–water partition coefficient (Wildman–Crippen LogP) is 23.3. The normalized spacial score (nSPS) is 12.6. The smallest absolute Gasteiger partial charge is 0.305 e. The summed E-state index contributed by atoms with van der Waals surface area (Å²) in [6.07, 6.45) is 86.5. The Morgan fingerprint density at radius 2 is 0.595 bits per heavy atom. The van der Waals surface area contributed by atoms with Gasteiger partial charge in [0, 0.05) is 12.8 Å². The van der Waals surface area contributed by atoms with Gasteiger partial charge >= 0.3 is 5.97 Å². The van der Waals surface area contributed by atoms with E-state index in [1.807, 2.05) is 0 Å². The Morgan fingerprint density at radius 1 is 0.342 bits per heavy atom. The van der Waals surface area contributed by atoms with Gasteiger partial charge in [0.1, 0.15) is 0 Å². The number of hydrogen-bond donors (Lipinski definition) is 3. The molecule has 6 nitrogen and oxygen atoms in total. The quantitative estimate of drug-likeness (QED) is 0.0320. The van der Waals surface area contributed by atoms with Crippen LogP contribution < -0.4 is 5.32 Å². The minimum Gasteiger partial charge on any atom is -0.466 e. The van der Waals surface area contributed by atoms with Crippen molar-refractivity contribution in [2.45, 2.75) is 418 Å². The molecule has 2 atom stereocenters. The van der Waals surface area contributed by atoms with Crippen molar-refractivity contribution in [2.24, 2.45) is 0 Å². The van der Waals surface area contributed by atoms with E-state index in [0.717, 1.165) is 44.9 Å². The molecule has 0 fully saturated rings. The molecule has 6 heteroatoms. The first kappa shape index (κ1) is 77.3. The van der Waals surface area contributed by atoms with Gasteiger partial charge in [0.2, 0.25) is 5.91 Å². The number of esters is 1. The standard InChI is InChI=1S/C73H141NO5/c1-3-5-7-9-11-13-15-17-19-21-23-24-27-30-33-37-41-45-49-53-57-61-65-71(76)70(69-75)74-72(77)66-62-58-54-50-46-42-38-34-31-28-25-26-29-32-36-40-44-48-52-56-60-64-68-79-73(78)67-63-59-55-51-47-43-39-35-22-20-18-16-14-12-10-8-6-4-2/h20,22,28,31,70-71,75-76H,3-19,21,23-27,29-30,32-69H2,1-2H3,(H,74,77)/b22-20-,31-28-. The predicted molar refractivity (Wildman–Crippen MR) is 347 cm³/mol. The van der Waals surface area contributed by atoms with E-state index in [-0.39, 0.29) is 18.5 Å².